The van der Waals surface area contributed by atoms with Gasteiger partial charge in [-0.05, 0) is 74.2 Å². The van der Waals surface area contributed by atoms with Gasteiger partial charge in [0, 0.05) is 24.6 Å². The summed E-state index contributed by atoms with van der Waals surface area (Å²) < 4.78 is 5.94. The van der Waals surface area contributed by atoms with Gasteiger partial charge < -0.3 is 9.84 Å². The summed E-state index contributed by atoms with van der Waals surface area (Å²) in [5.41, 5.74) is 3.32. The molecule has 2 heterocycles. The Bertz CT molecular complexity index is 630. The highest BCUT2D eigenvalue weighted by Crippen LogP contribution is 2.56. The van der Waals surface area contributed by atoms with Gasteiger partial charge in [0.05, 0.1) is 6.10 Å². The summed E-state index contributed by atoms with van der Waals surface area (Å²) in [5.74, 6) is 1.23. The topological polar surface area (TPSA) is 32.7 Å². The number of ether oxygens (including phenoxy) is 1. The van der Waals surface area contributed by atoms with Crippen LogP contribution in [0.25, 0.3) is 0 Å². The predicted octanol–water partition coefficient (Wildman–Crippen LogP) is 4.05. The lowest BCUT2D eigenvalue weighted by Gasteiger charge is -2.59. The molecule has 0 aromatic heterocycles. The first kappa shape index (κ1) is 17.6. The van der Waals surface area contributed by atoms with Gasteiger partial charge in [-0.25, -0.2) is 0 Å². The molecule has 2 bridgehead atoms. The fourth-order valence-corrected chi connectivity index (χ4v) is 6.35. The third kappa shape index (κ3) is 2.79. The second kappa shape index (κ2) is 6.75. The van der Waals surface area contributed by atoms with E-state index in [1.54, 1.807) is 0 Å². The van der Waals surface area contributed by atoms with E-state index in [9.17, 15) is 5.11 Å². The van der Waals surface area contributed by atoms with Gasteiger partial charge in [-0.1, -0.05) is 18.9 Å². The average molecular weight is 364 g/mol. The van der Waals surface area contributed by atoms with Gasteiger partial charge in [0.25, 0.3) is 0 Å². The number of fused-ring (bicyclic) bond motifs is 1. The van der Waals surface area contributed by atoms with Crippen molar-refractivity contribution in [2.24, 2.45) is 5.92 Å². The van der Waals surface area contributed by atoms with Gasteiger partial charge in [-0.2, -0.15) is 0 Å². The summed E-state index contributed by atoms with van der Waals surface area (Å²) >= 11 is 0. The molecule has 0 spiro atoms. The molecule has 1 aromatic carbocycles. The van der Waals surface area contributed by atoms with Crippen molar-refractivity contribution in [3.8, 4) is 5.75 Å². The van der Waals surface area contributed by atoms with Crippen molar-refractivity contribution >= 4 is 12.4 Å². The van der Waals surface area contributed by atoms with Crippen LogP contribution in [-0.2, 0) is 16.6 Å². The number of aromatic hydroxyl groups is 1. The van der Waals surface area contributed by atoms with E-state index in [1.807, 2.05) is 6.07 Å². The molecule has 4 atom stereocenters. The lowest BCUT2D eigenvalue weighted by atomic mass is 9.52. The molecule has 1 N–H and O–H groups in total. The first-order valence-corrected chi connectivity index (χ1v) is 9.94. The lowest BCUT2D eigenvalue weighted by molar-refractivity contribution is -0.0347. The Balaban J connectivity index is 0.00000157. The summed E-state index contributed by atoms with van der Waals surface area (Å²) in [7, 11) is 0. The van der Waals surface area contributed by atoms with Crippen LogP contribution in [0.5, 0.6) is 5.75 Å². The van der Waals surface area contributed by atoms with Crippen molar-refractivity contribution in [3.05, 3.63) is 29.3 Å². The van der Waals surface area contributed by atoms with E-state index in [0.717, 1.165) is 25.5 Å². The van der Waals surface area contributed by atoms with E-state index in [2.05, 4.69) is 17.0 Å². The zero-order valence-electron chi connectivity index (χ0n) is 15.0. The minimum Gasteiger partial charge on any atom is -0.508 e. The molecular weight excluding hydrogens is 334 g/mol. The number of phenolic OH excluding ortho intramolecular Hbond substituents is 1. The van der Waals surface area contributed by atoms with E-state index in [0.29, 0.717) is 23.3 Å². The number of likely N-dealkylation sites (tertiary alicyclic amines) is 1. The summed E-state index contributed by atoms with van der Waals surface area (Å²) in [6, 6.07) is 6.86. The van der Waals surface area contributed by atoms with Crippen molar-refractivity contribution in [2.45, 2.75) is 68.9 Å². The van der Waals surface area contributed by atoms with Crippen LogP contribution < -0.4 is 0 Å². The van der Waals surface area contributed by atoms with Crippen molar-refractivity contribution in [1.82, 2.24) is 4.90 Å². The number of hydrogen-bond acceptors (Lipinski definition) is 3. The molecule has 2 aliphatic heterocycles. The molecule has 4 aliphatic rings. The van der Waals surface area contributed by atoms with Crippen molar-refractivity contribution in [3.63, 3.8) is 0 Å². The quantitative estimate of drug-likeness (QED) is 0.860. The van der Waals surface area contributed by atoms with Crippen molar-refractivity contribution in [2.75, 3.05) is 19.7 Å². The van der Waals surface area contributed by atoms with Crippen molar-refractivity contribution in [1.29, 1.82) is 0 Å². The molecule has 3 fully saturated rings. The van der Waals surface area contributed by atoms with Gasteiger partial charge >= 0.3 is 0 Å². The van der Waals surface area contributed by atoms with Gasteiger partial charge in [0.1, 0.15) is 5.75 Å². The third-order valence-corrected chi connectivity index (χ3v) is 7.40. The Morgan fingerprint density at radius 3 is 2.92 bits per heavy atom. The van der Waals surface area contributed by atoms with Gasteiger partial charge in [0.2, 0.25) is 0 Å². The zero-order valence-corrected chi connectivity index (χ0v) is 15.8. The molecule has 2 aliphatic carbocycles. The summed E-state index contributed by atoms with van der Waals surface area (Å²) in [4.78, 5) is 2.76. The summed E-state index contributed by atoms with van der Waals surface area (Å²) in [5, 5.41) is 10.1. The largest absolute Gasteiger partial charge is 0.508 e. The normalized spacial score (nSPS) is 37.0. The van der Waals surface area contributed by atoms with Gasteiger partial charge in [-0.15, -0.1) is 12.4 Å². The van der Waals surface area contributed by atoms with Gasteiger partial charge in [-0.3, -0.25) is 4.90 Å². The van der Waals surface area contributed by atoms with Crippen LogP contribution in [0.2, 0.25) is 0 Å². The number of benzene rings is 1. The molecule has 0 amide bonds. The third-order valence-electron chi connectivity index (χ3n) is 7.40. The predicted molar refractivity (Wildman–Crippen MR) is 102 cm³/mol. The Kier molecular flexibility index (Phi) is 4.76. The molecule has 4 heteroatoms. The number of hydrogen-bond donors (Lipinski definition) is 1. The van der Waals surface area contributed by atoms with Crippen LogP contribution in [0.1, 0.15) is 56.1 Å². The number of nitrogens with zero attached hydrogens (tertiary/aromatic N) is 1. The molecule has 5 rings (SSSR count). The molecule has 25 heavy (non-hydrogen) atoms. The first-order valence-electron chi connectivity index (χ1n) is 9.94. The van der Waals surface area contributed by atoms with Crippen molar-refractivity contribution < 1.29 is 9.84 Å². The highest BCUT2D eigenvalue weighted by Gasteiger charge is 2.53. The van der Waals surface area contributed by atoms with Crippen LogP contribution in [0.15, 0.2) is 18.2 Å². The Morgan fingerprint density at radius 1 is 1.16 bits per heavy atom. The monoisotopic (exact) mass is 363 g/mol. The Hall–Kier alpha value is -0.770. The Morgan fingerprint density at radius 2 is 2.08 bits per heavy atom. The van der Waals surface area contributed by atoms with E-state index in [4.69, 9.17) is 4.74 Å². The molecular formula is C21H30ClNO2. The second-order valence-electron chi connectivity index (χ2n) is 8.50. The maximum atomic E-state index is 10.1. The highest BCUT2D eigenvalue weighted by molar-refractivity contribution is 5.85. The SMILES string of the molecule is Cl.Oc1ccc2c(c1)[C@@]13CCCCC1[C@@H](C2)N(C[C@@H]1CCCO1)CC3. The number of phenols is 1. The van der Waals surface area contributed by atoms with Crippen LogP contribution in [0.4, 0.5) is 0 Å². The maximum absolute atomic E-state index is 10.1. The molecule has 0 radical (unpaired) electrons. The molecule has 1 saturated carbocycles. The zero-order chi connectivity index (χ0) is 16.1. The lowest BCUT2D eigenvalue weighted by Crippen LogP contribution is -2.61. The van der Waals surface area contributed by atoms with E-state index < -0.39 is 0 Å². The number of piperidine rings is 1. The molecule has 1 unspecified atom stereocenters. The summed E-state index contributed by atoms with van der Waals surface area (Å²) in [6.07, 6.45) is 10.8. The summed E-state index contributed by atoms with van der Waals surface area (Å²) in [6.45, 7) is 3.29. The first-order chi connectivity index (χ1) is 11.8. The number of halogens is 1. The second-order valence-corrected chi connectivity index (χ2v) is 8.50. The van der Waals surface area contributed by atoms with Crippen LogP contribution >= 0.6 is 12.4 Å². The van der Waals surface area contributed by atoms with Gasteiger partial charge in [0.15, 0.2) is 0 Å². The number of rotatable bonds is 2. The molecule has 1 aromatic rings. The van der Waals surface area contributed by atoms with Crippen LogP contribution in [0.3, 0.4) is 0 Å². The highest BCUT2D eigenvalue weighted by atomic mass is 35.5. The molecule has 138 valence electrons. The van der Waals surface area contributed by atoms with E-state index >= 15 is 0 Å². The van der Waals surface area contributed by atoms with Crippen LogP contribution in [-0.4, -0.2) is 41.8 Å². The fraction of sp³-hybridized carbons (Fsp3) is 0.714. The minimum atomic E-state index is 0. The fourth-order valence-electron chi connectivity index (χ4n) is 6.35. The molecule has 3 nitrogen and oxygen atoms in total. The smallest absolute Gasteiger partial charge is 0.115 e. The minimum absolute atomic E-state index is 0. The maximum Gasteiger partial charge on any atom is 0.115 e. The Labute approximate surface area is 157 Å². The molecule has 2 saturated heterocycles. The average Bonchev–Trinajstić information content (AvgIpc) is 3.11. The van der Waals surface area contributed by atoms with E-state index in [-0.39, 0.29) is 12.4 Å². The van der Waals surface area contributed by atoms with E-state index in [1.165, 1.54) is 62.6 Å². The standard InChI is InChI=1S/C21H29NO2.ClH/c23-16-7-6-15-12-20-18-5-1-2-8-21(18,19(15)13-16)9-10-22(20)14-17-4-3-11-24-17;/h6-7,13,17-18,20,23H,1-5,8-12,14H2;1H/t17-,18?,20+,21+;/m0./s1. The van der Waals surface area contributed by atoms with Crippen LogP contribution in [0, 0.1) is 5.92 Å².